The second-order valence-corrected chi connectivity index (χ2v) is 7.68. The number of hydrogen-bond acceptors (Lipinski definition) is 6. The fraction of sp³-hybridized carbons (Fsp3) is 0.182. The smallest absolute Gasteiger partial charge is 0.329 e. The van der Waals surface area contributed by atoms with Crippen LogP contribution in [0.1, 0.15) is 38.9 Å². The third kappa shape index (κ3) is 3.56. The summed E-state index contributed by atoms with van der Waals surface area (Å²) in [5.41, 5.74) is 3.39. The van der Waals surface area contributed by atoms with E-state index in [0.29, 0.717) is 16.8 Å². The lowest BCUT2D eigenvalue weighted by molar-refractivity contribution is -0.149. The van der Waals surface area contributed by atoms with E-state index in [-0.39, 0.29) is 6.61 Å². The van der Waals surface area contributed by atoms with Crippen molar-refractivity contribution in [3.63, 3.8) is 0 Å². The molecule has 0 radical (unpaired) electrons. The van der Waals surface area contributed by atoms with Gasteiger partial charge in [0.2, 0.25) is 0 Å². The summed E-state index contributed by atoms with van der Waals surface area (Å²) in [5, 5.41) is 2.67. The maximum absolute atomic E-state index is 12.5. The van der Waals surface area contributed by atoms with Gasteiger partial charge < -0.3 is 4.74 Å². The van der Waals surface area contributed by atoms with E-state index in [9.17, 15) is 14.4 Å². The summed E-state index contributed by atoms with van der Waals surface area (Å²) in [5.74, 6) is -1.61. The Kier molecular flexibility index (Phi) is 4.98. The van der Waals surface area contributed by atoms with E-state index < -0.39 is 23.8 Å². The van der Waals surface area contributed by atoms with E-state index in [1.807, 2.05) is 36.6 Å². The number of carbonyl (C=O) groups is 3. The van der Waals surface area contributed by atoms with Crippen molar-refractivity contribution in [1.29, 1.82) is 0 Å². The number of imide groups is 1. The molecule has 0 saturated carbocycles. The van der Waals surface area contributed by atoms with E-state index in [2.05, 4.69) is 4.98 Å². The van der Waals surface area contributed by atoms with Crippen LogP contribution in [0.4, 0.5) is 0 Å². The molecule has 29 heavy (non-hydrogen) atoms. The van der Waals surface area contributed by atoms with Crippen molar-refractivity contribution in [2.75, 3.05) is 0 Å². The first-order chi connectivity index (χ1) is 14.0. The average molecular weight is 406 g/mol. The van der Waals surface area contributed by atoms with Gasteiger partial charge >= 0.3 is 5.97 Å². The van der Waals surface area contributed by atoms with Crippen LogP contribution in [0.15, 0.2) is 53.9 Å². The molecule has 3 aromatic rings. The quantitative estimate of drug-likeness (QED) is 0.475. The molecule has 0 unspecified atom stereocenters. The number of carbonyl (C=O) groups excluding carboxylic acids is 3. The number of hydrogen-bond donors (Lipinski definition) is 0. The third-order valence-corrected chi connectivity index (χ3v) is 5.71. The maximum Gasteiger partial charge on any atom is 0.329 e. The monoisotopic (exact) mass is 406 g/mol. The molecule has 2 aromatic carbocycles. The first-order valence-electron chi connectivity index (χ1n) is 9.10. The van der Waals surface area contributed by atoms with E-state index >= 15 is 0 Å². The number of nitrogens with zero attached hydrogens (tertiary/aromatic N) is 2. The maximum atomic E-state index is 12.5. The van der Waals surface area contributed by atoms with Crippen LogP contribution in [0.3, 0.4) is 0 Å². The molecular formula is C22H18N2O4S. The molecule has 1 aliphatic heterocycles. The van der Waals surface area contributed by atoms with Crippen molar-refractivity contribution in [1.82, 2.24) is 9.88 Å². The summed E-state index contributed by atoms with van der Waals surface area (Å²) in [4.78, 5) is 42.9. The van der Waals surface area contributed by atoms with E-state index in [1.54, 1.807) is 24.3 Å². The number of rotatable bonds is 5. The van der Waals surface area contributed by atoms with E-state index in [4.69, 9.17) is 4.74 Å². The first kappa shape index (κ1) is 19.0. The topological polar surface area (TPSA) is 76.6 Å². The van der Waals surface area contributed by atoms with Gasteiger partial charge in [-0.15, -0.1) is 11.3 Å². The van der Waals surface area contributed by atoms with Gasteiger partial charge in [-0.25, -0.2) is 9.78 Å². The number of aromatic nitrogens is 1. The summed E-state index contributed by atoms with van der Waals surface area (Å²) in [6.45, 7) is 3.49. The van der Waals surface area contributed by atoms with Gasteiger partial charge in [-0.2, -0.15) is 0 Å². The molecule has 6 nitrogen and oxygen atoms in total. The molecule has 0 bridgehead atoms. The second kappa shape index (κ2) is 7.60. The zero-order valence-corrected chi connectivity index (χ0v) is 16.7. The van der Waals surface area contributed by atoms with Crippen molar-refractivity contribution >= 4 is 29.1 Å². The number of benzene rings is 2. The Labute approximate surface area is 171 Å². The second-order valence-electron chi connectivity index (χ2n) is 6.82. The highest BCUT2D eigenvalue weighted by molar-refractivity contribution is 7.13. The number of amides is 2. The molecule has 2 heterocycles. The lowest BCUT2D eigenvalue weighted by atomic mass is 10.1. The molecule has 7 heteroatoms. The normalized spacial score (nSPS) is 14.1. The Hall–Kier alpha value is -3.32. The number of ether oxygens (including phenoxy) is 1. The number of thiazole rings is 1. The Morgan fingerprint density at radius 3 is 2.31 bits per heavy atom. The molecule has 0 aliphatic carbocycles. The van der Waals surface area contributed by atoms with Crippen molar-refractivity contribution < 1.29 is 19.1 Å². The fourth-order valence-corrected chi connectivity index (χ4v) is 3.94. The van der Waals surface area contributed by atoms with Gasteiger partial charge in [0.25, 0.3) is 11.8 Å². The number of esters is 1. The number of fused-ring (bicyclic) bond motifs is 1. The molecular weight excluding hydrogens is 388 g/mol. The SMILES string of the molecule is Cc1ccc(-c2nc(COC(=O)[C@H](C)N3C(=O)c4ccccc4C3=O)cs2)cc1. The lowest BCUT2D eigenvalue weighted by Gasteiger charge is -2.20. The Morgan fingerprint density at radius 2 is 1.69 bits per heavy atom. The zero-order valence-electron chi connectivity index (χ0n) is 15.9. The molecule has 1 aliphatic rings. The molecule has 1 atom stereocenters. The lowest BCUT2D eigenvalue weighted by Crippen LogP contribution is -2.43. The standard InChI is InChI=1S/C22H18N2O4S/c1-13-7-9-15(10-8-13)19-23-16(12-29-19)11-28-22(27)14(2)24-20(25)17-5-3-4-6-18(17)21(24)26/h3-10,12,14H,11H2,1-2H3/t14-/m0/s1. The minimum atomic E-state index is -1.02. The van der Waals surface area contributed by atoms with Crippen molar-refractivity contribution in [3.05, 3.63) is 76.3 Å². The van der Waals surface area contributed by atoms with E-state index in [1.165, 1.54) is 23.8 Å². The van der Waals surface area contributed by atoms with Crippen LogP contribution in [0.5, 0.6) is 0 Å². The van der Waals surface area contributed by atoms with Gasteiger partial charge in [0.15, 0.2) is 0 Å². The van der Waals surface area contributed by atoms with Gasteiger partial charge in [0, 0.05) is 10.9 Å². The predicted molar refractivity (Wildman–Crippen MR) is 108 cm³/mol. The van der Waals surface area contributed by atoms with E-state index in [0.717, 1.165) is 15.5 Å². The van der Waals surface area contributed by atoms with Crippen molar-refractivity contribution in [2.45, 2.75) is 26.5 Å². The minimum absolute atomic E-state index is 0.0191. The van der Waals surface area contributed by atoms with Gasteiger partial charge in [0.1, 0.15) is 17.7 Å². The van der Waals surface area contributed by atoms with Crippen molar-refractivity contribution in [3.8, 4) is 10.6 Å². The summed E-state index contributed by atoms with van der Waals surface area (Å²) < 4.78 is 5.33. The highest BCUT2D eigenvalue weighted by Gasteiger charge is 2.41. The summed E-state index contributed by atoms with van der Waals surface area (Å²) in [6.07, 6.45) is 0. The molecule has 4 rings (SSSR count). The molecule has 0 N–H and O–H groups in total. The van der Waals surface area contributed by atoms with Gasteiger partial charge in [-0.1, -0.05) is 42.0 Å². The summed E-state index contributed by atoms with van der Waals surface area (Å²) >= 11 is 1.47. The Balaban J connectivity index is 1.41. The molecule has 146 valence electrons. The fourth-order valence-electron chi connectivity index (χ4n) is 3.13. The zero-order chi connectivity index (χ0) is 20.5. The van der Waals surface area contributed by atoms with Crippen LogP contribution in [0.2, 0.25) is 0 Å². The molecule has 1 aromatic heterocycles. The van der Waals surface area contributed by atoms with Crippen LogP contribution in [-0.2, 0) is 16.1 Å². The van der Waals surface area contributed by atoms with Gasteiger partial charge in [-0.05, 0) is 26.0 Å². The highest BCUT2D eigenvalue weighted by atomic mass is 32.1. The summed E-state index contributed by atoms with van der Waals surface area (Å²) in [7, 11) is 0. The number of aryl methyl sites for hydroxylation is 1. The molecule has 0 fully saturated rings. The van der Waals surface area contributed by atoms with Crippen LogP contribution < -0.4 is 0 Å². The predicted octanol–water partition coefficient (Wildman–Crippen LogP) is 3.85. The average Bonchev–Trinajstić information content (AvgIpc) is 3.30. The van der Waals surface area contributed by atoms with Crippen LogP contribution in [0.25, 0.3) is 10.6 Å². The van der Waals surface area contributed by atoms with Crippen LogP contribution >= 0.6 is 11.3 Å². The third-order valence-electron chi connectivity index (χ3n) is 4.77. The highest BCUT2D eigenvalue weighted by Crippen LogP contribution is 2.26. The minimum Gasteiger partial charge on any atom is -0.458 e. The summed E-state index contributed by atoms with van der Waals surface area (Å²) in [6, 6.07) is 13.5. The Morgan fingerprint density at radius 1 is 1.07 bits per heavy atom. The largest absolute Gasteiger partial charge is 0.458 e. The van der Waals surface area contributed by atoms with Crippen LogP contribution in [-0.4, -0.2) is 33.7 Å². The Bertz CT molecular complexity index is 1070. The van der Waals surface area contributed by atoms with Gasteiger partial charge in [-0.3, -0.25) is 14.5 Å². The first-order valence-corrected chi connectivity index (χ1v) is 9.98. The molecule has 0 saturated heterocycles. The van der Waals surface area contributed by atoms with Crippen molar-refractivity contribution in [2.24, 2.45) is 0 Å². The van der Waals surface area contributed by atoms with Gasteiger partial charge in [0.05, 0.1) is 16.8 Å². The van der Waals surface area contributed by atoms with Crippen LogP contribution in [0, 0.1) is 6.92 Å². The molecule has 2 amide bonds. The molecule has 0 spiro atoms.